The largest absolute Gasteiger partial charge is 0.374 e. The van der Waals surface area contributed by atoms with Gasteiger partial charge < -0.3 is 10.6 Å². The van der Waals surface area contributed by atoms with Gasteiger partial charge >= 0.3 is 0 Å². The van der Waals surface area contributed by atoms with Gasteiger partial charge in [-0.05, 0) is 49.7 Å². The maximum Gasteiger partial charge on any atom is 0.246 e. The van der Waals surface area contributed by atoms with Gasteiger partial charge in [0, 0.05) is 10.7 Å². The predicted molar refractivity (Wildman–Crippen MR) is 89.3 cm³/mol. The summed E-state index contributed by atoms with van der Waals surface area (Å²) in [5.41, 5.74) is 1.51. The second-order valence-electron chi connectivity index (χ2n) is 4.94. The average Bonchev–Trinajstić information content (AvgIpc) is 2.46. The van der Waals surface area contributed by atoms with Gasteiger partial charge in [0.15, 0.2) is 0 Å². The number of nitrogens with one attached hydrogen (secondary N) is 2. The number of hydrogen-bond acceptors (Lipinski definition) is 2. The number of carbonyl (C=O) groups excluding carboxylic acids is 1. The van der Waals surface area contributed by atoms with Crippen molar-refractivity contribution in [2.75, 3.05) is 10.6 Å². The molecule has 0 radical (unpaired) electrons. The van der Waals surface area contributed by atoms with Gasteiger partial charge in [-0.2, -0.15) is 0 Å². The third-order valence-corrected chi connectivity index (χ3v) is 3.70. The summed E-state index contributed by atoms with van der Waals surface area (Å²) in [7, 11) is 0. The van der Waals surface area contributed by atoms with Gasteiger partial charge in [-0.15, -0.1) is 0 Å². The number of carbonyl (C=O) groups is 1. The molecule has 2 aromatic rings. The van der Waals surface area contributed by atoms with E-state index in [0.717, 1.165) is 0 Å². The topological polar surface area (TPSA) is 41.1 Å². The predicted octanol–water partition coefficient (Wildman–Crippen LogP) is 4.88. The minimum Gasteiger partial charge on any atom is -0.374 e. The number of aryl methyl sites for hydroxylation is 1. The van der Waals surface area contributed by atoms with E-state index in [1.54, 1.807) is 44.2 Å². The van der Waals surface area contributed by atoms with Gasteiger partial charge in [0.2, 0.25) is 5.91 Å². The van der Waals surface area contributed by atoms with Crippen LogP contribution >= 0.6 is 23.2 Å². The molecule has 1 unspecified atom stereocenters. The van der Waals surface area contributed by atoms with Crippen LogP contribution in [0.1, 0.15) is 12.5 Å². The van der Waals surface area contributed by atoms with E-state index in [9.17, 15) is 9.18 Å². The molecule has 0 aliphatic carbocycles. The van der Waals surface area contributed by atoms with Crippen molar-refractivity contribution >= 4 is 40.5 Å². The Morgan fingerprint density at radius 3 is 2.59 bits per heavy atom. The van der Waals surface area contributed by atoms with E-state index in [4.69, 9.17) is 23.2 Å². The molecule has 2 rings (SSSR count). The maximum atomic E-state index is 13.5. The van der Waals surface area contributed by atoms with Gasteiger partial charge in [0.05, 0.1) is 10.7 Å². The molecule has 3 nitrogen and oxygen atoms in total. The molecular weight excluding hydrogens is 326 g/mol. The van der Waals surface area contributed by atoms with E-state index < -0.39 is 6.04 Å². The molecule has 2 aromatic carbocycles. The van der Waals surface area contributed by atoms with Gasteiger partial charge in [0.1, 0.15) is 11.9 Å². The highest BCUT2D eigenvalue weighted by atomic mass is 35.5. The van der Waals surface area contributed by atoms with Crippen molar-refractivity contribution in [3.05, 3.63) is 57.8 Å². The van der Waals surface area contributed by atoms with Crippen molar-refractivity contribution in [3.63, 3.8) is 0 Å². The standard InChI is InChI=1S/C16H15Cl2FN2O/c1-9-3-5-12(8-14(9)19)20-10(2)16(22)21-15-7-11(17)4-6-13(15)18/h3-8,10,20H,1-2H3,(H,21,22). The molecule has 0 saturated carbocycles. The number of benzene rings is 2. The minimum atomic E-state index is -0.572. The zero-order chi connectivity index (χ0) is 16.3. The fourth-order valence-electron chi connectivity index (χ4n) is 1.83. The number of halogens is 3. The molecule has 2 N–H and O–H groups in total. The molecule has 6 heteroatoms. The lowest BCUT2D eigenvalue weighted by Crippen LogP contribution is -2.32. The summed E-state index contributed by atoms with van der Waals surface area (Å²) in [4.78, 5) is 12.2. The highest BCUT2D eigenvalue weighted by Gasteiger charge is 2.15. The van der Waals surface area contributed by atoms with E-state index in [0.29, 0.717) is 27.0 Å². The molecule has 116 valence electrons. The van der Waals surface area contributed by atoms with Crippen LogP contribution in [0.3, 0.4) is 0 Å². The number of rotatable bonds is 4. The summed E-state index contributed by atoms with van der Waals surface area (Å²) in [6.07, 6.45) is 0. The Labute approximate surface area is 138 Å². The minimum absolute atomic E-state index is 0.301. The molecule has 0 saturated heterocycles. The van der Waals surface area contributed by atoms with E-state index in [-0.39, 0.29) is 11.7 Å². The lowest BCUT2D eigenvalue weighted by molar-refractivity contribution is -0.116. The summed E-state index contributed by atoms with van der Waals surface area (Å²) < 4.78 is 13.5. The average molecular weight is 341 g/mol. The van der Waals surface area contributed by atoms with Gasteiger partial charge in [-0.25, -0.2) is 4.39 Å². The van der Waals surface area contributed by atoms with Crippen LogP contribution in [0.2, 0.25) is 10.0 Å². The lowest BCUT2D eigenvalue weighted by atomic mass is 10.2. The van der Waals surface area contributed by atoms with Crippen molar-refractivity contribution in [1.82, 2.24) is 0 Å². The second-order valence-corrected chi connectivity index (χ2v) is 5.79. The molecule has 0 bridgehead atoms. The Kier molecular flexibility index (Phi) is 5.27. The number of hydrogen-bond donors (Lipinski definition) is 2. The van der Waals surface area contributed by atoms with E-state index >= 15 is 0 Å². The van der Waals surface area contributed by atoms with Crippen molar-refractivity contribution in [1.29, 1.82) is 0 Å². The molecule has 0 aromatic heterocycles. The van der Waals surface area contributed by atoms with Gasteiger partial charge in [-0.3, -0.25) is 4.79 Å². The monoisotopic (exact) mass is 340 g/mol. The second kappa shape index (κ2) is 6.99. The van der Waals surface area contributed by atoms with E-state index in [2.05, 4.69) is 10.6 Å². The first kappa shape index (κ1) is 16.6. The summed E-state index contributed by atoms with van der Waals surface area (Å²) in [5.74, 6) is -0.624. The van der Waals surface area contributed by atoms with Gasteiger partial charge in [-0.1, -0.05) is 29.3 Å². The third-order valence-electron chi connectivity index (χ3n) is 3.13. The van der Waals surface area contributed by atoms with E-state index in [1.165, 1.54) is 6.07 Å². The summed E-state index contributed by atoms with van der Waals surface area (Å²) in [6, 6.07) is 8.96. The zero-order valence-corrected chi connectivity index (χ0v) is 13.6. The first-order chi connectivity index (χ1) is 10.4. The smallest absolute Gasteiger partial charge is 0.246 e. The molecule has 1 amide bonds. The van der Waals surface area contributed by atoms with Crippen LogP contribution in [0.4, 0.5) is 15.8 Å². The Morgan fingerprint density at radius 1 is 1.18 bits per heavy atom. The molecule has 0 heterocycles. The van der Waals surface area contributed by atoms with Crippen LogP contribution in [0.5, 0.6) is 0 Å². The van der Waals surface area contributed by atoms with Gasteiger partial charge in [0.25, 0.3) is 0 Å². The molecule has 0 aliphatic heterocycles. The Bertz CT molecular complexity index is 707. The normalized spacial score (nSPS) is 11.9. The number of anilines is 2. The Hall–Kier alpha value is -1.78. The highest BCUT2D eigenvalue weighted by molar-refractivity contribution is 6.35. The van der Waals surface area contributed by atoms with Crippen LogP contribution in [-0.2, 0) is 4.79 Å². The van der Waals surface area contributed by atoms with Crippen LogP contribution in [0.25, 0.3) is 0 Å². The lowest BCUT2D eigenvalue weighted by Gasteiger charge is -2.16. The highest BCUT2D eigenvalue weighted by Crippen LogP contribution is 2.25. The Balaban J connectivity index is 2.05. The first-order valence-corrected chi connectivity index (χ1v) is 7.41. The quantitative estimate of drug-likeness (QED) is 0.832. The molecule has 0 aliphatic rings. The van der Waals surface area contributed by atoms with Crippen LogP contribution < -0.4 is 10.6 Å². The van der Waals surface area contributed by atoms with Crippen LogP contribution in [0.15, 0.2) is 36.4 Å². The molecule has 0 fully saturated rings. The maximum absolute atomic E-state index is 13.5. The van der Waals surface area contributed by atoms with E-state index in [1.807, 2.05) is 0 Å². The van der Waals surface area contributed by atoms with Crippen molar-refractivity contribution in [2.24, 2.45) is 0 Å². The fourth-order valence-corrected chi connectivity index (χ4v) is 2.17. The molecule has 0 spiro atoms. The number of amides is 1. The first-order valence-electron chi connectivity index (χ1n) is 6.65. The molecule has 22 heavy (non-hydrogen) atoms. The fraction of sp³-hybridized carbons (Fsp3) is 0.188. The van der Waals surface area contributed by atoms with Crippen LogP contribution in [-0.4, -0.2) is 11.9 Å². The molecular formula is C16H15Cl2FN2O. The van der Waals surface area contributed by atoms with Crippen molar-refractivity contribution in [3.8, 4) is 0 Å². The Morgan fingerprint density at radius 2 is 1.91 bits per heavy atom. The molecule has 1 atom stereocenters. The third kappa shape index (κ3) is 4.12. The SMILES string of the molecule is Cc1ccc(NC(C)C(=O)Nc2cc(Cl)ccc2Cl)cc1F. The van der Waals surface area contributed by atoms with Crippen LogP contribution in [0, 0.1) is 12.7 Å². The van der Waals surface area contributed by atoms with Crippen molar-refractivity contribution in [2.45, 2.75) is 19.9 Å². The van der Waals surface area contributed by atoms with Crippen molar-refractivity contribution < 1.29 is 9.18 Å². The summed E-state index contributed by atoms with van der Waals surface area (Å²) in [6.45, 7) is 3.35. The summed E-state index contributed by atoms with van der Waals surface area (Å²) in [5, 5.41) is 6.49. The summed E-state index contributed by atoms with van der Waals surface area (Å²) >= 11 is 11.9. The zero-order valence-electron chi connectivity index (χ0n) is 12.1.